The van der Waals surface area contributed by atoms with E-state index in [0.717, 1.165) is 12.0 Å². The number of rotatable bonds is 5. The summed E-state index contributed by atoms with van der Waals surface area (Å²) in [5.41, 5.74) is 1.37. The molecule has 0 spiro atoms. The number of pyridine rings is 1. The van der Waals surface area contributed by atoms with Crippen LogP contribution in [0.2, 0.25) is 5.02 Å². The van der Waals surface area contributed by atoms with Crippen molar-refractivity contribution < 1.29 is 14.3 Å². The van der Waals surface area contributed by atoms with E-state index in [2.05, 4.69) is 10.3 Å². The predicted octanol–water partition coefficient (Wildman–Crippen LogP) is 2.83. The third kappa shape index (κ3) is 4.21. The summed E-state index contributed by atoms with van der Waals surface area (Å²) in [4.78, 5) is 16.4. The molecular weight excluding hydrogens is 316 g/mol. The third-order valence-electron chi connectivity index (χ3n) is 3.57. The van der Waals surface area contributed by atoms with Gasteiger partial charge in [-0.15, -0.1) is 0 Å². The number of halogens is 1. The highest BCUT2D eigenvalue weighted by molar-refractivity contribution is 6.31. The Kier molecular flexibility index (Phi) is 5.10. The smallest absolute Gasteiger partial charge is 0.251 e. The molecule has 2 heterocycles. The van der Waals surface area contributed by atoms with Gasteiger partial charge in [0.25, 0.3) is 5.91 Å². The molecule has 0 aliphatic carbocycles. The summed E-state index contributed by atoms with van der Waals surface area (Å²) in [5.74, 6) is 0.241. The molecule has 1 aliphatic rings. The van der Waals surface area contributed by atoms with Gasteiger partial charge in [0.05, 0.1) is 13.2 Å². The maximum absolute atomic E-state index is 12.3. The lowest BCUT2D eigenvalue weighted by atomic mass is 10.2. The molecule has 1 aromatic heterocycles. The van der Waals surface area contributed by atoms with Crippen LogP contribution in [0.1, 0.15) is 22.3 Å². The number of nitrogens with one attached hydrogen (secondary N) is 1. The molecule has 1 atom stereocenters. The molecule has 5 nitrogen and oxygen atoms in total. The molecule has 23 heavy (non-hydrogen) atoms. The number of benzene rings is 1. The van der Waals surface area contributed by atoms with Crippen molar-refractivity contribution in [3.8, 4) is 5.88 Å². The number of hydrogen-bond donors (Lipinski definition) is 1. The number of hydrogen-bond acceptors (Lipinski definition) is 4. The van der Waals surface area contributed by atoms with E-state index in [1.807, 2.05) is 18.2 Å². The molecule has 3 rings (SSSR count). The van der Waals surface area contributed by atoms with Crippen molar-refractivity contribution >= 4 is 17.5 Å². The summed E-state index contributed by atoms with van der Waals surface area (Å²) in [6.45, 7) is 1.63. The van der Waals surface area contributed by atoms with Crippen molar-refractivity contribution in [1.29, 1.82) is 0 Å². The Morgan fingerprint density at radius 2 is 2.26 bits per heavy atom. The van der Waals surface area contributed by atoms with Crippen LogP contribution in [0, 0.1) is 0 Å². The van der Waals surface area contributed by atoms with Crippen LogP contribution in [0.5, 0.6) is 5.88 Å². The van der Waals surface area contributed by atoms with Gasteiger partial charge in [0.1, 0.15) is 6.10 Å². The maximum Gasteiger partial charge on any atom is 0.251 e. The highest BCUT2D eigenvalue weighted by Gasteiger charge is 2.18. The predicted molar refractivity (Wildman–Crippen MR) is 86.7 cm³/mol. The first kappa shape index (κ1) is 15.8. The highest BCUT2D eigenvalue weighted by Crippen LogP contribution is 2.17. The summed E-state index contributed by atoms with van der Waals surface area (Å²) >= 11 is 6.08. The van der Waals surface area contributed by atoms with E-state index < -0.39 is 0 Å². The second-order valence-corrected chi connectivity index (χ2v) is 5.67. The monoisotopic (exact) mass is 332 g/mol. The second kappa shape index (κ2) is 7.44. The average molecular weight is 333 g/mol. The van der Waals surface area contributed by atoms with Crippen LogP contribution in [-0.2, 0) is 11.3 Å². The average Bonchev–Trinajstić information content (AvgIpc) is 3.07. The Morgan fingerprint density at radius 1 is 1.39 bits per heavy atom. The summed E-state index contributed by atoms with van der Waals surface area (Å²) < 4.78 is 11.0. The molecule has 6 heteroatoms. The van der Waals surface area contributed by atoms with Gasteiger partial charge < -0.3 is 14.8 Å². The summed E-state index contributed by atoms with van der Waals surface area (Å²) in [5, 5.41) is 3.48. The van der Waals surface area contributed by atoms with E-state index >= 15 is 0 Å². The number of amides is 1. The van der Waals surface area contributed by atoms with Gasteiger partial charge in [0.15, 0.2) is 0 Å². The van der Waals surface area contributed by atoms with E-state index in [1.165, 1.54) is 0 Å². The van der Waals surface area contributed by atoms with Crippen LogP contribution in [0.4, 0.5) is 0 Å². The standard InChI is InChI=1S/C17H17ClN2O3/c18-15-4-2-1-3-13(15)10-20-17(21)12-5-7-19-16(9-12)23-14-6-8-22-11-14/h1-5,7,9,14H,6,8,10-11H2,(H,20,21)/t14-/m0/s1. The molecule has 1 N–H and O–H groups in total. The Labute approximate surface area is 139 Å². The fourth-order valence-corrected chi connectivity index (χ4v) is 2.51. The normalized spacial score (nSPS) is 17.0. The number of carbonyl (C=O) groups is 1. The van der Waals surface area contributed by atoms with Crippen LogP contribution in [-0.4, -0.2) is 30.2 Å². The third-order valence-corrected chi connectivity index (χ3v) is 3.94. The zero-order valence-corrected chi connectivity index (χ0v) is 13.3. The molecule has 0 radical (unpaired) electrons. The van der Waals surface area contributed by atoms with Crippen LogP contribution in [0.25, 0.3) is 0 Å². The Morgan fingerprint density at radius 3 is 3.04 bits per heavy atom. The van der Waals surface area contributed by atoms with Crippen molar-refractivity contribution in [3.05, 3.63) is 58.7 Å². The lowest BCUT2D eigenvalue weighted by Crippen LogP contribution is -2.23. The van der Waals surface area contributed by atoms with Crippen molar-refractivity contribution in [2.45, 2.75) is 19.1 Å². The summed E-state index contributed by atoms with van der Waals surface area (Å²) in [6, 6.07) is 10.7. The van der Waals surface area contributed by atoms with E-state index in [4.69, 9.17) is 21.1 Å². The maximum atomic E-state index is 12.3. The van der Waals surface area contributed by atoms with E-state index in [-0.39, 0.29) is 12.0 Å². The zero-order chi connectivity index (χ0) is 16.1. The quantitative estimate of drug-likeness (QED) is 0.914. The summed E-state index contributed by atoms with van der Waals surface area (Å²) in [6.07, 6.45) is 2.41. The lowest BCUT2D eigenvalue weighted by molar-refractivity contribution is 0.0949. The molecule has 1 saturated heterocycles. The van der Waals surface area contributed by atoms with Gasteiger partial charge in [-0.05, 0) is 17.7 Å². The Bertz CT molecular complexity index is 687. The molecule has 0 unspecified atom stereocenters. The molecule has 120 valence electrons. The molecule has 1 aliphatic heterocycles. The van der Waals surface area contributed by atoms with Gasteiger partial charge in [0, 0.05) is 35.8 Å². The molecule has 0 bridgehead atoms. The molecule has 1 aromatic carbocycles. The minimum atomic E-state index is -0.195. The van der Waals surface area contributed by atoms with E-state index in [1.54, 1.807) is 24.4 Å². The number of aromatic nitrogens is 1. The largest absolute Gasteiger partial charge is 0.472 e. The van der Waals surface area contributed by atoms with Crippen LogP contribution < -0.4 is 10.1 Å². The van der Waals surface area contributed by atoms with Gasteiger partial charge in [0.2, 0.25) is 5.88 Å². The van der Waals surface area contributed by atoms with Crippen LogP contribution in [0.3, 0.4) is 0 Å². The number of ether oxygens (including phenoxy) is 2. The SMILES string of the molecule is O=C(NCc1ccccc1Cl)c1ccnc(O[C@H]2CCOC2)c1. The second-order valence-electron chi connectivity index (χ2n) is 5.26. The van der Waals surface area contributed by atoms with E-state index in [0.29, 0.717) is 36.2 Å². The topological polar surface area (TPSA) is 60.5 Å². The fourth-order valence-electron chi connectivity index (χ4n) is 2.31. The fraction of sp³-hybridized carbons (Fsp3) is 0.294. The molecular formula is C17H17ClN2O3. The van der Waals surface area contributed by atoms with Gasteiger partial charge in [-0.3, -0.25) is 4.79 Å². The first-order chi connectivity index (χ1) is 11.2. The van der Waals surface area contributed by atoms with Crippen molar-refractivity contribution in [3.63, 3.8) is 0 Å². The van der Waals surface area contributed by atoms with Crippen molar-refractivity contribution in [2.75, 3.05) is 13.2 Å². The van der Waals surface area contributed by atoms with Crippen LogP contribution in [0.15, 0.2) is 42.6 Å². The molecule has 2 aromatic rings. The van der Waals surface area contributed by atoms with Gasteiger partial charge >= 0.3 is 0 Å². The minimum absolute atomic E-state index is 0.00364. The minimum Gasteiger partial charge on any atom is -0.472 e. The van der Waals surface area contributed by atoms with Gasteiger partial charge in [-0.2, -0.15) is 0 Å². The zero-order valence-electron chi connectivity index (χ0n) is 12.5. The molecule has 1 fully saturated rings. The van der Waals surface area contributed by atoms with Gasteiger partial charge in [-0.25, -0.2) is 4.98 Å². The number of carbonyl (C=O) groups excluding carboxylic acids is 1. The summed E-state index contributed by atoms with van der Waals surface area (Å²) in [7, 11) is 0. The van der Waals surface area contributed by atoms with E-state index in [9.17, 15) is 4.79 Å². The van der Waals surface area contributed by atoms with Crippen molar-refractivity contribution in [2.24, 2.45) is 0 Å². The molecule has 0 saturated carbocycles. The van der Waals surface area contributed by atoms with Crippen LogP contribution >= 0.6 is 11.6 Å². The first-order valence-electron chi connectivity index (χ1n) is 7.44. The van der Waals surface area contributed by atoms with Crippen molar-refractivity contribution in [1.82, 2.24) is 10.3 Å². The number of nitrogens with zero attached hydrogens (tertiary/aromatic N) is 1. The molecule has 1 amide bonds. The lowest BCUT2D eigenvalue weighted by Gasteiger charge is -2.12. The first-order valence-corrected chi connectivity index (χ1v) is 7.82. The van der Waals surface area contributed by atoms with Gasteiger partial charge in [-0.1, -0.05) is 29.8 Å². The Balaban J connectivity index is 1.61. The highest BCUT2D eigenvalue weighted by atomic mass is 35.5. The Hall–Kier alpha value is -2.11.